The molecule has 0 spiro atoms. The lowest BCUT2D eigenvalue weighted by Gasteiger charge is -2.08. The average Bonchev–Trinajstić information content (AvgIpc) is 2.56. The van der Waals surface area contributed by atoms with Crippen molar-refractivity contribution in [3.05, 3.63) is 47.0 Å². The van der Waals surface area contributed by atoms with Gasteiger partial charge in [0, 0.05) is 16.5 Å². The summed E-state index contributed by atoms with van der Waals surface area (Å²) in [6.45, 7) is 0. The van der Waals surface area contributed by atoms with Gasteiger partial charge in [-0.1, -0.05) is 18.2 Å². The van der Waals surface area contributed by atoms with E-state index < -0.39 is 23.3 Å². The van der Waals surface area contributed by atoms with Crippen LogP contribution in [0.25, 0.3) is 10.8 Å². The third-order valence-electron chi connectivity index (χ3n) is 3.00. The van der Waals surface area contributed by atoms with Gasteiger partial charge in [-0.2, -0.15) is 13.2 Å². The van der Waals surface area contributed by atoms with E-state index in [4.69, 9.17) is 0 Å². The fourth-order valence-electron chi connectivity index (χ4n) is 2.20. The normalized spacial score (nSPS) is 14.6. The molecule has 0 N–H and O–H groups in total. The van der Waals surface area contributed by atoms with Crippen LogP contribution >= 0.6 is 0 Å². The quantitative estimate of drug-likeness (QED) is 0.672. The van der Waals surface area contributed by atoms with Gasteiger partial charge < -0.3 is 0 Å². The number of alkyl halides is 3. The van der Waals surface area contributed by atoms with Gasteiger partial charge in [0.2, 0.25) is 11.6 Å². The Hall–Kier alpha value is -2.17. The first-order valence-electron chi connectivity index (χ1n) is 5.12. The van der Waals surface area contributed by atoms with E-state index in [9.17, 15) is 22.8 Å². The van der Waals surface area contributed by atoms with Crippen molar-refractivity contribution in [3.63, 3.8) is 0 Å². The number of ketones is 2. The van der Waals surface area contributed by atoms with E-state index in [-0.39, 0.29) is 16.5 Å². The first-order valence-corrected chi connectivity index (χ1v) is 5.12. The molecular weight excluding hydrogens is 245 g/mol. The van der Waals surface area contributed by atoms with Gasteiger partial charge >= 0.3 is 6.18 Å². The predicted octanol–water partition coefficient (Wildman–Crippen LogP) is 3.24. The topological polar surface area (TPSA) is 34.1 Å². The number of Topliss-reactive ketones (excluding diaryl/α,β-unsaturated/α-hetero) is 2. The first-order chi connectivity index (χ1) is 8.39. The van der Waals surface area contributed by atoms with E-state index >= 15 is 0 Å². The second kappa shape index (κ2) is 3.19. The summed E-state index contributed by atoms with van der Waals surface area (Å²) in [5.41, 5.74) is -0.883. The van der Waals surface area contributed by atoms with Crippen molar-refractivity contribution in [3.8, 4) is 0 Å². The summed E-state index contributed by atoms with van der Waals surface area (Å²) in [4.78, 5) is 23.2. The Morgan fingerprint density at radius 3 is 2.22 bits per heavy atom. The molecule has 0 radical (unpaired) electrons. The van der Waals surface area contributed by atoms with Gasteiger partial charge in [-0.3, -0.25) is 9.59 Å². The van der Waals surface area contributed by atoms with E-state index in [1.165, 1.54) is 18.2 Å². The number of halogens is 3. The molecule has 0 atom stereocenters. The SMILES string of the molecule is O=C1C(=O)c2cc(C(F)(F)F)cc3cccc1c23. The zero-order valence-electron chi connectivity index (χ0n) is 8.84. The van der Waals surface area contributed by atoms with Crippen LogP contribution in [0.1, 0.15) is 26.3 Å². The van der Waals surface area contributed by atoms with Gasteiger partial charge in [0.15, 0.2) is 0 Å². The van der Waals surface area contributed by atoms with Crippen molar-refractivity contribution in [1.82, 2.24) is 0 Å². The lowest BCUT2D eigenvalue weighted by molar-refractivity contribution is -0.137. The molecule has 3 rings (SSSR count). The van der Waals surface area contributed by atoms with Crippen molar-refractivity contribution in [2.45, 2.75) is 6.18 Å². The smallest absolute Gasteiger partial charge is 0.285 e. The van der Waals surface area contributed by atoms with Crippen molar-refractivity contribution < 1.29 is 22.8 Å². The summed E-state index contributed by atoms with van der Waals surface area (Å²) in [6, 6.07) is 6.08. The molecule has 0 saturated carbocycles. The van der Waals surface area contributed by atoms with Crippen LogP contribution in [0.5, 0.6) is 0 Å². The number of hydrogen-bond donors (Lipinski definition) is 0. The third kappa shape index (κ3) is 1.30. The monoisotopic (exact) mass is 250 g/mol. The molecule has 0 amide bonds. The van der Waals surface area contributed by atoms with Crippen LogP contribution in [0.3, 0.4) is 0 Å². The molecule has 0 bridgehead atoms. The third-order valence-corrected chi connectivity index (χ3v) is 3.00. The molecule has 5 heteroatoms. The molecule has 1 aliphatic rings. The van der Waals surface area contributed by atoms with E-state index in [0.717, 1.165) is 12.1 Å². The molecule has 0 saturated heterocycles. The van der Waals surface area contributed by atoms with Gasteiger partial charge in [-0.05, 0) is 17.5 Å². The largest absolute Gasteiger partial charge is 0.416 e. The highest BCUT2D eigenvalue weighted by Crippen LogP contribution is 2.37. The zero-order chi connectivity index (χ0) is 13.1. The molecular formula is C13H5F3O2. The molecule has 90 valence electrons. The van der Waals surface area contributed by atoms with Gasteiger partial charge in [0.25, 0.3) is 0 Å². The molecule has 0 heterocycles. The minimum absolute atomic E-state index is 0.152. The van der Waals surface area contributed by atoms with E-state index in [0.29, 0.717) is 5.39 Å². The van der Waals surface area contributed by atoms with E-state index in [1.54, 1.807) is 0 Å². The van der Waals surface area contributed by atoms with Crippen molar-refractivity contribution in [2.75, 3.05) is 0 Å². The van der Waals surface area contributed by atoms with Crippen LogP contribution in [-0.2, 0) is 6.18 Å². The Morgan fingerprint density at radius 2 is 1.56 bits per heavy atom. The zero-order valence-corrected chi connectivity index (χ0v) is 8.84. The maximum Gasteiger partial charge on any atom is 0.416 e. The maximum atomic E-state index is 12.7. The van der Waals surface area contributed by atoms with E-state index in [1.807, 2.05) is 0 Å². The molecule has 0 aliphatic heterocycles. The minimum atomic E-state index is -4.54. The number of carbonyl (C=O) groups is 2. The highest BCUT2D eigenvalue weighted by Gasteiger charge is 2.36. The van der Waals surface area contributed by atoms with Crippen LogP contribution in [-0.4, -0.2) is 11.6 Å². The van der Waals surface area contributed by atoms with Crippen molar-refractivity contribution >= 4 is 22.3 Å². The molecule has 2 nitrogen and oxygen atoms in total. The second-order valence-electron chi connectivity index (χ2n) is 4.08. The lowest BCUT2D eigenvalue weighted by atomic mass is 10.0. The van der Waals surface area contributed by atoms with Crippen LogP contribution in [0.15, 0.2) is 30.3 Å². The standard InChI is InChI=1S/C13H5F3O2/c14-13(15,16)7-4-6-2-1-3-8-10(6)9(5-7)12(18)11(8)17/h1-5H. The molecule has 2 aromatic rings. The fourth-order valence-corrected chi connectivity index (χ4v) is 2.20. The highest BCUT2D eigenvalue weighted by molar-refractivity contribution is 6.57. The van der Waals surface area contributed by atoms with Crippen LogP contribution < -0.4 is 0 Å². The Labute approximate surface area is 99.0 Å². The van der Waals surface area contributed by atoms with E-state index in [2.05, 4.69) is 0 Å². The summed E-state index contributed by atoms with van der Waals surface area (Å²) < 4.78 is 38.0. The summed E-state index contributed by atoms with van der Waals surface area (Å²) in [7, 11) is 0. The fraction of sp³-hybridized carbons (Fsp3) is 0.0769. The Morgan fingerprint density at radius 1 is 0.889 bits per heavy atom. The van der Waals surface area contributed by atoms with Gasteiger partial charge in [-0.25, -0.2) is 0 Å². The Kier molecular flexibility index (Phi) is 1.94. The number of carbonyl (C=O) groups excluding carboxylic acids is 2. The average molecular weight is 250 g/mol. The lowest BCUT2D eigenvalue weighted by Crippen LogP contribution is -2.09. The summed E-state index contributed by atoms with van der Waals surface area (Å²) in [5.74, 6) is -1.61. The maximum absolute atomic E-state index is 12.7. The second-order valence-corrected chi connectivity index (χ2v) is 4.08. The molecule has 1 aliphatic carbocycles. The predicted molar refractivity (Wildman–Crippen MR) is 57.6 cm³/mol. The van der Waals surface area contributed by atoms with Crippen LogP contribution in [0, 0.1) is 0 Å². The van der Waals surface area contributed by atoms with Crippen LogP contribution in [0.4, 0.5) is 13.2 Å². The van der Waals surface area contributed by atoms with Crippen molar-refractivity contribution in [1.29, 1.82) is 0 Å². The summed E-state index contributed by atoms with van der Waals surface area (Å²) in [6.07, 6.45) is -4.54. The number of benzene rings is 2. The van der Waals surface area contributed by atoms with Gasteiger partial charge in [-0.15, -0.1) is 0 Å². The van der Waals surface area contributed by atoms with Gasteiger partial charge in [0.1, 0.15) is 0 Å². The molecule has 2 aromatic carbocycles. The minimum Gasteiger partial charge on any atom is -0.285 e. The Balaban J connectivity index is 2.44. The number of rotatable bonds is 0. The summed E-state index contributed by atoms with van der Waals surface area (Å²) >= 11 is 0. The molecule has 0 unspecified atom stereocenters. The number of hydrogen-bond acceptors (Lipinski definition) is 2. The molecule has 0 fully saturated rings. The Bertz CT molecular complexity index is 714. The molecule has 18 heavy (non-hydrogen) atoms. The summed E-state index contributed by atoms with van der Waals surface area (Å²) in [5, 5.41) is 0.581. The highest BCUT2D eigenvalue weighted by atomic mass is 19.4. The van der Waals surface area contributed by atoms with Crippen molar-refractivity contribution in [2.24, 2.45) is 0 Å². The van der Waals surface area contributed by atoms with Crippen LogP contribution in [0.2, 0.25) is 0 Å². The molecule has 0 aromatic heterocycles. The first kappa shape index (κ1) is 11.0. The van der Waals surface area contributed by atoms with Gasteiger partial charge in [0.05, 0.1) is 5.56 Å².